The van der Waals surface area contributed by atoms with Gasteiger partial charge in [-0.2, -0.15) is 0 Å². The van der Waals surface area contributed by atoms with Crippen molar-refractivity contribution in [2.75, 3.05) is 0 Å². The van der Waals surface area contributed by atoms with Crippen LogP contribution in [-0.2, 0) is 7.05 Å². The minimum atomic E-state index is -0.646. The zero-order chi connectivity index (χ0) is 12.5. The zero-order valence-electron chi connectivity index (χ0n) is 10.3. The molecule has 1 atom stereocenters. The summed E-state index contributed by atoms with van der Waals surface area (Å²) in [6.45, 7) is 0. The first-order chi connectivity index (χ1) is 8.74. The number of aliphatic hydroxyl groups excluding tert-OH is 1. The van der Waals surface area contributed by atoms with Gasteiger partial charge in [0.15, 0.2) is 0 Å². The molecule has 1 saturated carbocycles. The van der Waals surface area contributed by atoms with Crippen LogP contribution in [0.25, 0.3) is 0 Å². The van der Waals surface area contributed by atoms with E-state index in [1.807, 2.05) is 35.9 Å². The molecule has 18 heavy (non-hydrogen) atoms. The average molecular weight is 244 g/mol. The first-order valence-corrected chi connectivity index (χ1v) is 6.15. The number of imidazole rings is 1. The molecule has 0 amide bonds. The lowest BCUT2D eigenvalue weighted by Gasteiger charge is -2.12. The predicted octanol–water partition coefficient (Wildman–Crippen LogP) is 2.04. The van der Waals surface area contributed by atoms with Gasteiger partial charge < -0.3 is 14.4 Å². The smallest absolute Gasteiger partial charge is 0.121 e. The summed E-state index contributed by atoms with van der Waals surface area (Å²) < 4.78 is 7.49. The van der Waals surface area contributed by atoms with E-state index in [9.17, 15) is 5.11 Å². The van der Waals surface area contributed by atoms with E-state index in [1.54, 1.807) is 12.5 Å². The van der Waals surface area contributed by atoms with E-state index in [0.717, 1.165) is 29.8 Å². The van der Waals surface area contributed by atoms with Crippen molar-refractivity contribution in [2.45, 2.75) is 25.0 Å². The number of benzene rings is 1. The maximum absolute atomic E-state index is 10.2. The second kappa shape index (κ2) is 4.46. The van der Waals surface area contributed by atoms with Gasteiger partial charge in [0.2, 0.25) is 0 Å². The van der Waals surface area contributed by atoms with Crippen molar-refractivity contribution in [3.05, 3.63) is 48.0 Å². The Bertz CT molecular complexity index is 529. The van der Waals surface area contributed by atoms with Crippen LogP contribution in [0.3, 0.4) is 0 Å². The van der Waals surface area contributed by atoms with E-state index in [2.05, 4.69) is 4.98 Å². The lowest BCUT2D eigenvalue weighted by atomic mass is 10.1. The van der Waals surface area contributed by atoms with Crippen molar-refractivity contribution in [3.63, 3.8) is 0 Å². The first kappa shape index (κ1) is 11.3. The quantitative estimate of drug-likeness (QED) is 0.895. The van der Waals surface area contributed by atoms with E-state index >= 15 is 0 Å². The molecular weight excluding hydrogens is 228 g/mol. The number of aliphatic hydroxyl groups is 1. The number of aryl methyl sites for hydroxylation is 1. The fraction of sp³-hybridized carbons (Fsp3) is 0.357. The van der Waals surface area contributed by atoms with E-state index in [0.29, 0.717) is 6.10 Å². The van der Waals surface area contributed by atoms with Crippen molar-refractivity contribution in [1.82, 2.24) is 9.55 Å². The molecule has 1 aromatic heterocycles. The molecule has 1 aliphatic carbocycles. The third-order valence-corrected chi connectivity index (χ3v) is 3.16. The van der Waals surface area contributed by atoms with Crippen molar-refractivity contribution in [2.24, 2.45) is 7.05 Å². The minimum Gasteiger partial charge on any atom is -0.490 e. The Morgan fingerprint density at radius 1 is 1.33 bits per heavy atom. The fourth-order valence-corrected chi connectivity index (χ4v) is 1.91. The Kier molecular flexibility index (Phi) is 2.80. The molecule has 1 heterocycles. The number of hydrogen-bond donors (Lipinski definition) is 1. The van der Waals surface area contributed by atoms with Crippen LogP contribution in [0.2, 0.25) is 0 Å². The van der Waals surface area contributed by atoms with Gasteiger partial charge in [-0.1, -0.05) is 12.1 Å². The maximum atomic E-state index is 10.2. The molecule has 94 valence electrons. The minimum absolute atomic E-state index is 0.401. The van der Waals surface area contributed by atoms with Gasteiger partial charge in [-0.05, 0) is 30.5 Å². The third kappa shape index (κ3) is 2.24. The monoisotopic (exact) mass is 244 g/mol. The molecule has 3 rings (SSSR count). The molecule has 1 unspecified atom stereocenters. The van der Waals surface area contributed by atoms with E-state index in [1.165, 1.54) is 0 Å². The molecule has 0 aliphatic heterocycles. The lowest BCUT2D eigenvalue weighted by molar-refractivity contribution is 0.211. The molecule has 0 spiro atoms. The van der Waals surface area contributed by atoms with Crippen molar-refractivity contribution in [3.8, 4) is 5.75 Å². The van der Waals surface area contributed by atoms with Crippen LogP contribution < -0.4 is 4.74 Å². The topological polar surface area (TPSA) is 47.3 Å². The highest BCUT2D eigenvalue weighted by atomic mass is 16.5. The normalized spacial score (nSPS) is 16.6. The third-order valence-electron chi connectivity index (χ3n) is 3.16. The summed E-state index contributed by atoms with van der Waals surface area (Å²) in [5.74, 6) is 0.874. The molecule has 1 aliphatic rings. The fourth-order valence-electron chi connectivity index (χ4n) is 1.91. The number of hydrogen-bond acceptors (Lipinski definition) is 3. The van der Waals surface area contributed by atoms with Crippen LogP contribution in [-0.4, -0.2) is 20.8 Å². The summed E-state index contributed by atoms with van der Waals surface area (Å²) in [7, 11) is 1.87. The number of aromatic nitrogens is 2. The molecule has 1 aromatic carbocycles. The zero-order valence-corrected chi connectivity index (χ0v) is 10.3. The number of rotatable bonds is 4. The Hall–Kier alpha value is -1.81. The van der Waals surface area contributed by atoms with Gasteiger partial charge in [0, 0.05) is 7.05 Å². The summed E-state index contributed by atoms with van der Waals surface area (Å²) in [4.78, 5) is 4.01. The van der Waals surface area contributed by atoms with E-state index < -0.39 is 6.10 Å². The maximum Gasteiger partial charge on any atom is 0.121 e. The summed E-state index contributed by atoms with van der Waals surface area (Å²) in [5.41, 5.74) is 1.63. The van der Waals surface area contributed by atoms with Crippen LogP contribution >= 0.6 is 0 Å². The molecule has 4 nitrogen and oxygen atoms in total. The Labute approximate surface area is 106 Å². The number of ether oxygens (including phenoxy) is 1. The first-order valence-electron chi connectivity index (χ1n) is 6.15. The molecule has 1 fully saturated rings. The van der Waals surface area contributed by atoms with Crippen LogP contribution in [0.5, 0.6) is 5.75 Å². The van der Waals surface area contributed by atoms with Gasteiger partial charge in [-0.25, -0.2) is 4.98 Å². The molecule has 1 N–H and O–H groups in total. The SMILES string of the molecule is Cn1cncc1C(O)c1ccc(OC2CC2)cc1. The lowest BCUT2D eigenvalue weighted by Crippen LogP contribution is -2.05. The van der Waals surface area contributed by atoms with E-state index in [4.69, 9.17) is 4.74 Å². The van der Waals surface area contributed by atoms with Crippen molar-refractivity contribution < 1.29 is 9.84 Å². The second-order valence-corrected chi connectivity index (χ2v) is 4.72. The second-order valence-electron chi connectivity index (χ2n) is 4.72. The molecular formula is C14H16N2O2. The van der Waals surface area contributed by atoms with Crippen molar-refractivity contribution >= 4 is 0 Å². The Balaban J connectivity index is 1.77. The molecule has 0 bridgehead atoms. The molecule has 4 heteroatoms. The average Bonchev–Trinajstić information content (AvgIpc) is 3.09. The van der Waals surface area contributed by atoms with Gasteiger partial charge in [-0.3, -0.25) is 0 Å². The number of nitrogens with zero attached hydrogens (tertiary/aromatic N) is 2. The Morgan fingerprint density at radius 2 is 2.06 bits per heavy atom. The standard InChI is InChI=1S/C14H16N2O2/c1-16-9-15-8-13(16)14(17)10-2-4-11(5-3-10)18-12-6-7-12/h2-5,8-9,12,14,17H,6-7H2,1H3. The van der Waals surface area contributed by atoms with Gasteiger partial charge in [-0.15, -0.1) is 0 Å². The highest BCUT2D eigenvalue weighted by Gasteiger charge is 2.23. The predicted molar refractivity (Wildman–Crippen MR) is 67.4 cm³/mol. The summed E-state index contributed by atoms with van der Waals surface area (Å²) >= 11 is 0. The van der Waals surface area contributed by atoms with E-state index in [-0.39, 0.29) is 0 Å². The summed E-state index contributed by atoms with van der Waals surface area (Å²) in [6.07, 6.45) is 5.42. The van der Waals surface area contributed by atoms with Crippen molar-refractivity contribution in [1.29, 1.82) is 0 Å². The molecule has 0 saturated heterocycles. The van der Waals surface area contributed by atoms with Crippen LogP contribution in [0.4, 0.5) is 0 Å². The van der Waals surface area contributed by atoms with Gasteiger partial charge >= 0.3 is 0 Å². The van der Waals surface area contributed by atoms with Gasteiger partial charge in [0.05, 0.1) is 24.3 Å². The summed E-state index contributed by atoms with van der Waals surface area (Å²) in [6, 6.07) is 7.62. The van der Waals surface area contributed by atoms with Gasteiger partial charge in [0.25, 0.3) is 0 Å². The summed E-state index contributed by atoms with van der Waals surface area (Å²) in [5, 5.41) is 10.2. The van der Waals surface area contributed by atoms with Crippen LogP contribution in [0, 0.1) is 0 Å². The molecule has 0 radical (unpaired) electrons. The van der Waals surface area contributed by atoms with Crippen LogP contribution in [0.1, 0.15) is 30.2 Å². The molecule has 2 aromatic rings. The van der Waals surface area contributed by atoms with Gasteiger partial charge in [0.1, 0.15) is 11.9 Å². The van der Waals surface area contributed by atoms with Crippen LogP contribution in [0.15, 0.2) is 36.8 Å². The highest BCUT2D eigenvalue weighted by Crippen LogP contribution is 2.28. The highest BCUT2D eigenvalue weighted by molar-refractivity contribution is 5.32. The Morgan fingerprint density at radius 3 is 2.61 bits per heavy atom. The largest absolute Gasteiger partial charge is 0.490 e.